The Morgan fingerprint density at radius 1 is 0.967 bits per heavy atom. The van der Waals surface area contributed by atoms with Gasteiger partial charge in [0.1, 0.15) is 5.82 Å². The van der Waals surface area contributed by atoms with Gasteiger partial charge in [0.25, 0.3) is 15.9 Å². The van der Waals surface area contributed by atoms with E-state index in [1.807, 2.05) is 6.92 Å². The van der Waals surface area contributed by atoms with Crippen LogP contribution in [0.1, 0.15) is 27.0 Å². The largest absolute Gasteiger partial charge is 0.352 e. The standard InChI is InChI=1S/C23H23FN2O3S/c1-16-7-10-19(11-8-16)26-30(28,29)20-12-9-17(2)21(15-20)23(27)25-14-13-18-5-3-4-6-22(18)24/h3-12,15,26H,13-14H2,1-2H3,(H,25,27). The summed E-state index contributed by atoms with van der Waals surface area (Å²) in [7, 11) is -3.85. The van der Waals surface area contributed by atoms with Gasteiger partial charge in [-0.2, -0.15) is 0 Å². The van der Waals surface area contributed by atoms with Crippen LogP contribution in [-0.2, 0) is 16.4 Å². The Morgan fingerprint density at radius 3 is 2.37 bits per heavy atom. The molecule has 1 amide bonds. The molecule has 5 nitrogen and oxygen atoms in total. The second kappa shape index (κ2) is 9.09. The van der Waals surface area contributed by atoms with Crippen molar-refractivity contribution in [3.63, 3.8) is 0 Å². The number of hydrogen-bond donors (Lipinski definition) is 2. The molecule has 0 fully saturated rings. The van der Waals surface area contributed by atoms with Gasteiger partial charge < -0.3 is 5.32 Å². The number of sulfonamides is 1. The van der Waals surface area contributed by atoms with Crippen molar-refractivity contribution in [2.24, 2.45) is 0 Å². The maximum Gasteiger partial charge on any atom is 0.261 e. The smallest absolute Gasteiger partial charge is 0.261 e. The SMILES string of the molecule is Cc1ccc(NS(=O)(=O)c2ccc(C)c(C(=O)NCCc3ccccc3F)c2)cc1. The average Bonchev–Trinajstić information content (AvgIpc) is 2.71. The fourth-order valence-electron chi connectivity index (χ4n) is 2.96. The van der Waals surface area contributed by atoms with Crippen molar-refractivity contribution >= 4 is 21.6 Å². The topological polar surface area (TPSA) is 75.3 Å². The molecule has 0 aliphatic carbocycles. The minimum Gasteiger partial charge on any atom is -0.352 e. The molecule has 3 rings (SSSR count). The van der Waals surface area contributed by atoms with E-state index in [1.54, 1.807) is 55.5 Å². The molecule has 0 radical (unpaired) electrons. The highest BCUT2D eigenvalue weighted by atomic mass is 32.2. The van der Waals surface area contributed by atoms with E-state index in [1.165, 1.54) is 18.2 Å². The van der Waals surface area contributed by atoms with Crippen molar-refractivity contribution in [3.8, 4) is 0 Å². The summed E-state index contributed by atoms with van der Waals surface area (Å²) in [4.78, 5) is 12.6. The van der Waals surface area contributed by atoms with Crippen molar-refractivity contribution < 1.29 is 17.6 Å². The fourth-order valence-corrected chi connectivity index (χ4v) is 4.04. The summed E-state index contributed by atoms with van der Waals surface area (Å²) < 4.78 is 41.7. The quantitative estimate of drug-likeness (QED) is 0.594. The Bertz CT molecular complexity index is 1160. The summed E-state index contributed by atoms with van der Waals surface area (Å²) in [6, 6.07) is 17.8. The number of amides is 1. The predicted octanol–water partition coefficient (Wildman–Crippen LogP) is 4.22. The molecule has 0 bridgehead atoms. The van der Waals surface area contributed by atoms with Gasteiger partial charge in [-0.3, -0.25) is 9.52 Å². The van der Waals surface area contributed by atoms with Crippen LogP contribution in [0, 0.1) is 19.7 Å². The molecule has 0 aromatic heterocycles. The summed E-state index contributed by atoms with van der Waals surface area (Å²) in [5.41, 5.74) is 2.87. The van der Waals surface area contributed by atoms with Crippen LogP contribution < -0.4 is 10.0 Å². The zero-order chi connectivity index (χ0) is 21.7. The van der Waals surface area contributed by atoms with Gasteiger partial charge in [-0.25, -0.2) is 12.8 Å². The number of aryl methyl sites for hydroxylation is 2. The van der Waals surface area contributed by atoms with Gasteiger partial charge >= 0.3 is 0 Å². The third-order valence-corrected chi connectivity index (χ3v) is 6.08. The van der Waals surface area contributed by atoms with E-state index in [2.05, 4.69) is 10.0 Å². The highest BCUT2D eigenvalue weighted by molar-refractivity contribution is 7.92. The second-order valence-corrected chi connectivity index (χ2v) is 8.73. The summed E-state index contributed by atoms with van der Waals surface area (Å²) in [5, 5.41) is 2.73. The Morgan fingerprint density at radius 2 is 1.67 bits per heavy atom. The zero-order valence-corrected chi connectivity index (χ0v) is 17.6. The molecule has 0 aliphatic rings. The molecular weight excluding hydrogens is 403 g/mol. The first-order valence-corrected chi connectivity index (χ1v) is 11.0. The molecule has 0 aliphatic heterocycles. The molecule has 30 heavy (non-hydrogen) atoms. The van der Waals surface area contributed by atoms with E-state index in [0.717, 1.165) is 5.56 Å². The highest BCUT2D eigenvalue weighted by Gasteiger charge is 2.18. The fraction of sp³-hybridized carbons (Fsp3) is 0.174. The Balaban J connectivity index is 1.73. The minimum atomic E-state index is -3.85. The molecule has 2 N–H and O–H groups in total. The normalized spacial score (nSPS) is 11.2. The van der Waals surface area contributed by atoms with Gasteiger partial charge in [-0.05, 0) is 61.7 Å². The molecule has 7 heteroatoms. The number of rotatable bonds is 7. The number of hydrogen-bond acceptors (Lipinski definition) is 3. The van der Waals surface area contributed by atoms with Crippen LogP contribution in [0.15, 0.2) is 71.6 Å². The first kappa shape index (κ1) is 21.5. The highest BCUT2D eigenvalue weighted by Crippen LogP contribution is 2.20. The van der Waals surface area contributed by atoms with E-state index in [9.17, 15) is 17.6 Å². The van der Waals surface area contributed by atoms with Gasteiger partial charge in [0.15, 0.2) is 0 Å². The molecule has 0 heterocycles. The van der Waals surface area contributed by atoms with Crippen molar-refractivity contribution in [1.82, 2.24) is 5.32 Å². The maximum absolute atomic E-state index is 13.7. The van der Waals surface area contributed by atoms with Gasteiger partial charge in [0.2, 0.25) is 0 Å². The third kappa shape index (κ3) is 5.24. The molecule has 0 saturated heterocycles. The van der Waals surface area contributed by atoms with Gasteiger partial charge in [-0.15, -0.1) is 0 Å². The van der Waals surface area contributed by atoms with Crippen LogP contribution >= 0.6 is 0 Å². The van der Waals surface area contributed by atoms with Crippen LogP contribution in [0.25, 0.3) is 0 Å². The van der Waals surface area contributed by atoms with E-state index < -0.39 is 15.9 Å². The van der Waals surface area contributed by atoms with E-state index in [0.29, 0.717) is 23.2 Å². The Kier molecular flexibility index (Phi) is 6.52. The van der Waals surface area contributed by atoms with Crippen LogP contribution in [-0.4, -0.2) is 20.9 Å². The number of carbonyl (C=O) groups excluding carboxylic acids is 1. The number of halogens is 1. The number of nitrogens with one attached hydrogen (secondary N) is 2. The molecule has 0 unspecified atom stereocenters. The molecular formula is C23H23FN2O3S. The average molecular weight is 427 g/mol. The molecule has 0 atom stereocenters. The minimum absolute atomic E-state index is 0.00655. The maximum atomic E-state index is 13.7. The van der Waals surface area contributed by atoms with Gasteiger partial charge in [0, 0.05) is 17.8 Å². The van der Waals surface area contributed by atoms with Gasteiger partial charge in [-0.1, -0.05) is 42.0 Å². The molecule has 0 spiro atoms. The van der Waals surface area contributed by atoms with E-state index in [4.69, 9.17) is 0 Å². The first-order valence-electron chi connectivity index (χ1n) is 9.48. The first-order chi connectivity index (χ1) is 14.3. The summed E-state index contributed by atoms with van der Waals surface area (Å²) >= 11 is 0. The van der Waals surface area contributed by atoms with Crippen molar-refractivity contribution in [1.29, 1.82) is 0 Å². The van der Waals surface area contributed by atoms with Crippen LogP contribution in [0.4, 0.5) is 10.1 Å². The van der Waals surface area contributed by atoms with E-state index in [-0.39, 0.29) is 22.8 Å². The molecule has 156 valence electrons. The van der Waals surface area contributed by atoms with Gasteiger partial charge in [0.05, 0.1) is 4.90 Å². The summed E-state index contributed by atoms with van der Waals surface area (Å²) in [6.07, 6.45) is 0.338. The molecule has 3 aromatic carbocycles. The van der Waals surface area contributed by atoms with Crippen molar-refractivity contribution in [3.05, 3.63) is 94.8 Å². The van der Waals surface area contributed by atoms with E-state index >= 15 is 0 Å². The Hall–Kier alpha value is -3.19. The van der Waals surface area contributed by atoms with Crippen LogP contribution in [0.3, 0.4) is 0 Å². The number of carbonyl (C=O) groups is 1. The monoisotopic (exact) mass is 426 g/mol. The number of benzene rings is 3. The third-order valence-electron chi connectivity index (χ3n) is 4.71. The molecule has 3 aromatic rings. The summed E-state index contributed by atoms with van der Waals surface area (Å²) in [5.74, 6) is -0.727. The van der Waals surface area contributed by atoms with Crippen LogP contribution in [0.2, 0.25) is 0 Å². The lowest BCUT2D eigenvalue weighted by molar-refractivity contribution is 0.0953. The van der Waals surface area contributed by atoms with Crippen LogP contribution in [0.5, 0.6) is 0 Å². The van der Waals surface area contributed by atoms with Crippen molar-refractivity contribution in [2.75, 3.05) is 11.3 Å². The zero-order valence-electron chi connectivity index (χ0n) is 16.8. The summed E-state index contributed by atoms with van der Waals surface area (Å²) in [6.45, 7) is 3.88. The second-order valence-electron chi connectivity index (χ2n) is 7.05. The predicted molar refractivity (Wildman–Crippen MR) is 116 cm³/mol. The Labute approximate surface area is 176 Å². The number of anilines is 1. The lowest BCUT2D eigenvalue weighted by Gasteiger charge is -2.12. The molecule has 0 saturated carbocycles. The lowest BCUT2D eigenvalue weighted by atomic mass is 10.1. The van der Waals surface area contributed by atoms with Crippen molar-refractivity contribution in [2.45, 2.75) is 25.2 Å². The lowest BCUT2D eigenvalue weighted by Crippen LogP contribution is -2.27.